The molecule has 0 saturated carbocycles. The van der Waals surface area contributed by atoms with E-state index in [1.54, 1.807) is 34.7 Å². The second kappa shape index (κ2) is 7.99. The smallest absolute Gasteiger partial charge is 0.225 e. The van der Waals surface area contributed by atoms with Crippen LogP contribution in [0.15, 0.2) is 30.6 Å². The lowest BCUT2D eigenvalue weighted by Crippen LogP contribution is -2.41. The summed E-state index contributed by atoms with van der Waals surface area (Å²) in [5.74, 6) is 1.47. The number of piperidine rings is 1. The molecule has 1 amide bonds. The van der Waals surface area contributed by atoms with Crippen molar-refractivity contribution in [2.45, 2.75) is 33.2 Å². The van der Waals surface area contributed by atoms with E-state index in [2.05, 4.69) is 28.7 Å². The fraction of sp³-hybridized carbons (Fsp3) is 0.409. The first-order valence-electron chi connectivity index (χ1n) is 9.92. The van der Waals surface area contributed by atoms with Crippen LogP contribution >= 0.6 is 11.3 Å². The van der Waals surface area contributed by atoms with Crippen molar-refractivity contribution in [1.29, 1.82) is 0 Å². The summed E-state index contributed by atoms with van der Waals surface area (Å²) in [5.41, 5.74) is 2.27. The molecule has 0 radical (unpaired) electrons. The fourth-order valence-corrected chi connectivity index (χ4v) is 5.00. The number of hydrogen-bond acceptors (Lipinski definition) is 6. The van der Waals surface area contributed by atoms with Crippen LogP contribution in [0, 0.1) is 19.8 Å². The molecule has 1 aliphatic rings. The van der Waals surface area contributed by atoms with Gasteiger partial charge in [-0.3, -0.25) is 4.79 Å². The minimum atomic E-state index is 0.0380. The van der Waals surface area contributed by atoms with E-state index in [-0.39, 0.29) is 17.6 Å². The second-order valence-electron chi connectivity index (χ2n) is 7.78. The predicted octanol–water partition coefficient (Wildman–Crippen LogP) is 3.89. The molecular weight excluding hydrogens is 384 g/mol. The van der Waals surface area contributed by atoms with Gasteiger partial charge in [0.05, 0.1) is 5.39 Å². The number of amides is 1. The van der Waals surface area contributed by atoms with Crippen LogP contribution in [0.25, 0.3) is 10.2 Å². The molecular formula is C22H26N4O2S. The molecule has 2 aromatic heterocycles. The van der Waals surface area contributed by atoms with E-state index in [9.17, 15) is 9.90 Å². The molecule has 3 heterocycles. The number of benzene rings is 1. The fourth-order valence-electron chi connectivity index (χ4n) is 4.01. The maximum absolute atomic E-state index is 12.9. The minimum Gasteiger partial charge on any atom is -0.508 e. The molecule has 0 aliphatic carbocycles. The summed E-state index contributed by atoms with van der Waals surface area (Å²) in [7, 11) is 1.85. The third-order valence-electron chi connectivity index (χ3n) is 5.82. The third kappa shape index (κ3) is 3.92. The van der Waals surface area contributed by atoms with E-state index in [0.29, 0.717) is 6.54 Å². The minimum absolute atomic E-state index is 0.0380. The van der Waals surface area contributed by atoms with Gasteiger partial charge in [0.2, 0.25) is 5.91 Å². The number of phenols is 1. The maximum Gasteiger partial charge on any atom is 0.225 e. The zero-order valence-corrected chi connectivity index (χ0v) is 17.9. The molecule has 1 fully saturated rings. The van der Waals surface area contributed by atoms with E-state index < -0.39 is 0 Å². The summed E-state index contributed by atoms with van der Waals surface area (Å²) in [4.78, 5) is 28.3. The molecule has 4 rings (SSSR count). The van der Waals surface area contributed by atoms with Crippen LogP contribution in [-0.2, 0) is 11.3 Å². The Balaban J connectivity index is 1.41. The summed E-state index contributed by atoms with van der Waals surface area (Å²) in [6.45, 7) is 6.46. The van der Waals surface area contributed by atoms with Crippen molar-refractivity contribution in [2.75, 3.05) is 25.0 Å². The summed E-state index contributed by atoms with van der Waals surface area (Å²) in [5, 5.41) is 10.6. The Labute approximate surface area is 174 Å². The SMILES string of the molecule is Cc1sc2ncnc(N3CCC(C(=O)N(C)Cc4ccc(O)cc4)CC3)c2c1C. The van der Waals surface area contributed by atoms with Crippen molar-refractivity contribution >= 4 is 33.3 Å². The standard InChI is InChI=1S/C22H26N4O2S/c1-14-15(2)29-21-19(14)20(23-13-24-21)26-10-8-17(9-11-26)22(28)25(3)12-16-4-6-18(27)7-5-16/h4-7,13,17,27H,8-12H2,1-3H3. The molecule has 1 N–H and O–H groups in total. The average molecular weight is 411 g/mol. The number of nitrogens with zero attached hydrogens (tertiary/aromatic N) is 4. The van der Waals surface area contributed by atoms with Crippen LogP contribution < -0.4 is 4.90 Å². The highest BCUT2D eigenvalue weighted by atomic mass is 32.1. The average Bonchev–Trinajstić information content (AvgIpc) is 3.03. The van der Waals surface area contributed by atoms with Gasteiger partial charge in [0.25, 0.3) is 0 Å². The molecule has 0 unspecified atom stereocenters. The Morgan fingerprint density at radius 1 is 1.21 bits per heavy atom. The lowest BCUT2D eigenvalue weighted by molar-refractivity contribution is -0.135. The number of thiophene rings is 1. The number of phenolic OH excluding ortho intramolecular Hbond substituents is 1. The monoisotopic (exact) mass is 410 g/mol. The lowest BCUT2D eigenvalue weighted by atomic mass is 9.95. The van der Waals surface area contributed by atoms with Crippen molar-refractivity contribution in [2.24, 2.45) is 5.92 Å². The van der Waals surface area contributed by atoms with Crippen LogP contribution in [0.1, 0.15) is 28.8 Å². The number of aryl methyl sites for hydroxylation is 2. The quantitative estimate of drug-likeness (QED) is 0.707. The third-order valence-corrected chi connectivity index (χ3v) is 6.94. The molecule has 7 heteroatoms. The highest BCUT2D eigenvalue weighted by molar-refractivity contribution is 7.18. The Morgan fingerprint density at radius 3 is 2.59 bits per heavy atom. The number of aromatic hydroxyl groups is 1. The Morgan fingerprint density at radius 2 is 1.90 bits per heavy atom. The van der Waals surface area contributed by atoms with Crippen molar-refractivity contribution < 1.29 is 9.90 Å². The van der Waals surface area contributed by atoms with Gasteiger partial charge in [-0.15, -0.1) is 11.3 Å². The normalized spacial score (nSPS) is 15.1. The van der Waals surface area contributed by atoms with Gasteiger partial charge in [-0.2, -0.15) is 0 Å². The van der Waals surface area contributed by atoms with Crippen LogP contribution in [0.5, 0.6) is 5.75 Å². The van der Waals surface area contributed by atoms with E-state index in [4.69, 9.17) is 0 Å². The van der Waals surface area contributed by atoms with Gasteiger partial charge in [-0.25, -0.2) is 9.97 Å². The van der Waals surface area contributed by atoms with Crippen molar-refractivity contribution in [1.82, 2.24) is 14.9 Å². The molecule has 0 spiro atoms. The zero-order valence-electron chi connectivity index (χ0n) is 17.1. The van der Waals surface area contributed by atoms with E-state index in [1.807, 2.05) is 19.2 Å². The number of carbonyl (C=O) groups excluding carboxylic acids is 1. The molecule has 29 heavy (non-hydrogen) atoms. The van der Waals surface area contributed by atoms with E-state index in [0.717, 1.165) is 47.5 Å². The number of anilines is 1. The molecule has 0 atom stereocenters. The molecule has 1 aliphatic heterocycles. The van der Waals surface area contributed by atoms with Gasteiger partial charge in [0.1, 0.15) is 22.7 Å². The van der Waals surface area contributed by atoms with Crippen LogP contribution in [0.3, 0.4) is 0 Å². The molecule has 1 aromatic carbocycles. The van der Waals surface area contributed by atoms with Crippen molar-refractivity contribution in [3.8, 4) is 5.75 Å². The van der Waals surface area contributed by atoms with Gasteiger partial charge in [0.15, 0.2) is 0 Å². The number of carbonyl (C=O) groups is 1. The predicted molar refractivity (Wildman–Crippen MR) is 116 cm³/mol. The first kappa shape index (κ1) is 19.6. The Kier molecular flexibility index (Phi) is 5.41. The van der Waals surface area contributed by atoms with Gasteiger partial charge >= 0.3 is 0 Å². The Bertz CT molecular complexity index is 1020. The number of fused-ring (bicyclic) bond motifs is 1. The van der Waals surface area contributed by atoms with Crippen molar-refractivity contribution in [3.05, 3.63) is 46.6 Å². The first-order chi connectivity index (χ1) is 13.9. The summed E-state index contributed by atoms with van der Waals surface area (Å²) in [6, 6.07) is 7.02. The number of hydrogen-bond donors (Lipinski definition) is 1. The molecule has 6 nitrogen and oxygen atoms in total. The van der Waals surface area contributed by atoms with E-state index in [1.165, 1.54) is 10.4 Å². The van der Waals surface area contributed by atoms with Crippen molar-refractivity contribution in [3.63, 3.8) is 0 Å². The molecule has 3 aromatic rings. The van der Waals surface area contributed by atoms with Gasteiger partial charge in [-0.05, 0) is 49.9 Å². The van der Waals surface area contributed by atoms with Gasteiger partial charge in [0, 0.05) is 37.5 Å². The second-order valence-corrected chi connectivity index (χ2v) is 8.99. The topological polar surface area (TPSA) is 69.6 Å². The number of aromatic nitrogens is 2. The van der Waals surface area contributed by atoms with Crippen LogP contribution in [0.4, 0.5) is 5.82 Å². The highest BCUT2D eigenvalue weighted by Gasteiger charge is 2.29. The zero-order chi connectivity index (χ0) is 20.5. The summed E-state index contributed by atoms with van der Waals surface area (Å²) >= 11 is 1.71. The Hall–Kier alpha value is -2.67. The summed E-state index contributed by atoms with van der Waals surface area (Å²) in [6.07, 6.45) is 3.30. The van der Waals surface area contributed by atoms with E-state index >= 15 is 0 Å². The maximum atomic E-state index is 12.9. The van der Waals surface area contributed by atoms with Crippen LogP contribution in [0.2, 0.25) is 0 Å². The van der Waals surface area contributed by atoms with Gasteiger partial charge in [-0.1, -0.05) is 12.1 Å². The lowest BCUT2D eigenvalue weighted by Gasteiger charge is -2.34. The molecule has 152 valence electrons. The largest absolute Gasteiger partial charge is 0.508 e. The number of rotatable bonds is 4. The van der Waals surface area contributed by atoms with Crippen LogP contribution in [-0.4, -0.2) is 46.0 Å². The van der Waals surface area contributed by atoms with Gasteiger partial charge < -0.3 is 14.9 Å². The first-order valence-corrected chi connectivity index (χ1v) is 10.7. The molecule has 0 bridgehead atoms. The molecule has 1 saturated heterocycles. The highest BCUT2D eigenvalue weighted by Crippen LogP contribution is 2.35. The summed E-state index contributed by atoms with van der Waals surface area (Å²) < 4.78 is 0.